The summed E-state index contributed by atoms with van der Waals surface area (Å²) in [5.41, 5.74) is 0.222. The van der Waals surface area contributed by atoms with Gasteiger partial charge in [-0.3, -0.25) is 19.7 Å². The molecule has 1 aromatic carbocycles. The molecule has 118 valence electrons. The number of halogens is 1. The van der Waals surface area contributed by atoms with Crippen LogP contribution in [0.4, 0.5) is 5.69 Å². The minimum atomic E-state index is -0.518. The molecule has 0 radical (unpaired) electrons. The fourth-order valence-corrected chi connectivity index (χ4v) is 3.01. The van der Waals surface area contributed by atoms with Crippen LogP contribution in [0, 0.1) is 19.6 Å². The fraction of sp³-hybridized carbons (Fsp3) is 0.429. The smallest absolute Gasteiger partial charge is 0.308 e. The summed E-state index contributed by atoms with van der Waals surface area (Å²) in [5, 5.41) is 10.8. The molecule has 0 atom stereocenters. The van der Waals surface area contributed by atoms with Gasteiger partial charge in [-0.25, -0.2) is 0 Å². The number of likely N-dealkylation sites (tertiary alicyclic amines) is 1. The van der Waals surface area contributed by atoms with Crippen LogP contribution in [0.1, 0.15) is 23.2 Å². The number of nitro benzene ring substituents is 1. The van der Waals surface area contributed by atoms with Crippen molar-refractivity contribution in [2.75, 3.05) is 20.2 Å². The number of benzene rings is 1. The molecule has 1 amide bonds. The van der Waals surface area contributed by atoms with Crippen molar-refractivity contribution < 1.29 is 19.2 Å². The molecule has 7 nitrogen and oxygen atoms in total. The normalized spacial score (nSPS) is 15.5. The van der Waals surface area contributed by atoms with Crippen molar-refractivity contribution in [1.82, 2.24) is 4.90 Å². The maximum atomic E-state index is 12.5. The molecule has 1 saturated heterocycles. The maximum Gasteiger partial charge on any atom is 0.308 e. The molecule has 0 unspecified atom stereocenters. The van der Waals surface area contributed by atoms with Crippen LogP contribution < -0.4 is 0 Å². The van der Waals surface area contributed by atoms with Gasteiger partial charge in [0.05, 0.1) is 23.5 Å². The first-order chi connectivity index (χ1) is 10.4. The summed E-state index contributed by atoms with van der Waals surface area (Å²) in [5.74, 6) is -0.674. The van der Waals surface area contributed by atoms with Crippen molar-refractivity contribution >= 4 is 40.2 Å². The van der Waals surface area contributed by atoms with Crippen molar-refractivity contribution in [3.8, 4) is 0 Å². The molecule has 8 heteroatoms. The number of hydrogen-bond acceptors (Lipinski definition) is 5. The summed E-state index contributed by atoms with van der Waals surface area (Å²) in [6, 6.07) is 4.24. The van der Waals surface area contributed by atoms with Gasteiger partial charge in [0, 0.05) is 28.8 Å². The average Bonchev–Trinajstić information content (AvgIpc) is 2.53. The Morgan fingerprint density at radius 2 is 2.00 bits per heavy atom. The highest BCUT2D eigenvalue weighted by Gasteiger charge is 2.29. The van der Waals surface area contributed by atoms with Crippen LogP contribution in [0.2, 0.25) is 0 Å². The Morgan fingerprint density at radius 3 is 2.55 bits per heavy atom. The zero-order valence-electron chi connectivity index (χ0n) is 12.0. The van der Waals surface area contributed by atoms with Crippen LogP contribution >= 0.6 is 22.6 Å². The fourth-order valence-electron chi connectivity index (χ4n) is 2.45. The molecule has 1 aromatic rings. The SMILES string of the molecule is COC(=O)C1CCN(C(=O)c2cc([N+](=O)[O-])ccc2I)CC1. The van der Waals surface area contributed by atoms with E-state index >= 15 is 0 Å². The molecule has 0 spiro atoms. The van der Waals surface area contributed by atoms with Gasteiger partial charge in [0.25, 0.3) is 11.6 Å². The van der Waals surface area contributed by atoms with Crippen LogP contribution in [0.5, 0.6) is 0 Å². The average molecular weight is 418 g/mol. The molecule has 1 aliphatic heterocycles. The number of hydrogen-bond donors (Lipinski definition) is 0. The molecule has 0 aliphatic carbocycles. The number of non-ortho nitro benzene ring substituents is 1. The van der Waals surface area contributed by atoms with E-state index < -0.39 is 4.92 Å². The number of carbonyl (C=O) groups is 2. The highest BCUT2D eigenvalue weighted by atomic mass is 127. The van der Waals surface area contributed by atoms with Gasteiger partial charge in [-0.2, -0.15) is 0 Å². The third-order valence-corrected chi connectivity index (χ3v) is 4.65. The summed E-state index contributed by atoms with van der Waals surface area (Å²) < 4.78 is 5.38. The van der Waals surface area contributed by atoms with Gasteiger partial charge in [-0.15, -0.1) is 0 Å². The van der Waals surface area contributed by atoms with E-state index in [1.807, 2.05) is 22.6 Å². The molecule has 22 heavy (non-hydrogen) atoms. The van der Waals surface area contributed by atoms with Crippen molar-refractivity contribution in [2.24, 2.45) is 5.92 Å². The summed E-state index contributed by atoms with van der Waals surface area (Å²) in [6.45, 7) is 0.884. The first-order valence-corrected chi connectivity index (χ1v) is 7.83. The number of piperidine rings is 1. The van der Waals surface area contributed by atoms with Crippen LogP contribution in [0.25, 0.3) is 0 Å². The largest absolute Gasteiger partial charge is 0.469 e. The number of carbonyl (C=O) groups excluding carboxylic acids is 2. The van der Waals surface area contributed by atoms with Gasteiger partial charge in [0.2, 0.25) is 0 Å². The minimum absolute atomic E-state index is 0.104. The molecular weight excluding hydrogens is 403 g/mol. The first-order valence-electron chi connectivity index (χ1n) is 6.75. The lowest BCUT2D eigenvalue weighted by atomic mass is 9.96. The number of esters is 1. The molecular formula is C14H15IN2O5. The minimum Gasteiger partial charge on any atom is -0.469 e. The van der Waals surface area contributed by atoms with Crippen LogP contribution in [0.15, 0.2) is 18.2 Å². The van der Waals surface area contributed by atoms with E-state index in [0.717, 1.165) is 0 Å². The van der Waals surface area contributed by atoms with E-state index in [2.05, 4.69) is 0 Å². The molecule has 2 rings (SSSR count). The van der Waals surface area contributed by atoms with Crippen LogP contribution in [0.3, 0.4) is 0 Å². The number of methoxy groups -OCH3 is 1. The van der Waals surface area contributed by atoms with E-state index in [-0.39, 0.29) is 23.5 Å². The zero-order chi connectivity index (χ0) is 16.3. The van der Waals surface area contributed by atoms with E-state index in [1.54, 1.807) is 11.0 Å². The van der Waals surface area contributed by atoms with Gasteiger partial charge in [-0.1, -0.05) is 0 Å². The number of rotatable bonds is 3. The van der Waals surface area contributed by atoms with E-state index in [9.17, 15) is 19.7 Å². The monoisotopic (exact) mass is 418 g/mol. The predicted octanol–water partition coefficient (Wildman–Crippen LogP) is 2.22. The molecule has 0 N–H and O–H groups in total. The van der Waals surface area contributed by atoms with Gasteiger partial charge >= 0.3 is 5.97 Å². The lowest BCUT2D eigenvalue weighted by molar-refractivity contribution is -0.384. The molecule has 0 aromatic heterocycles. The maximum absolute atomic E-state index is 12.5. The Morgan fingerprint density at radius 1 is 1.36 bits per heavy atom. The molecule has 1 fully saturated rings. The van der Waals surface area contributed by atoms with Gasteiger partial charge < -0.3 is 9.64 Å². The third kappa shape index (κ3) is 3.54. The predicted molar refractivity (Wildman–Crippen MR) is 86.5 cm³/mol. The molecule has 0 saturated carbocycles. The highest BCUT2D eigenvalue weighted by Crippen LogP contribution is 2.24. The van der Waals surface area contributed by atoms with E-state index in [4.69, 9.17) is 4.74 Å². The second-order valence-electron chi connectivity index (χ2n) is 5.01. The molecule has 1 heterocycles. The second kappa shape index (κ2) is 7.03. The van der Waals surface area contributed by atoms with E-state index in [1.165, 1.54) is 19.2 Å². The van der Waals surface area contributed by atoms with E-state index in [0.29, 0.717) is 35.1 Å². The number of ether oxygens (including phenoxy) is 1. The van der Waals surface area contributed by atoms with Crippen molar-refractivity contribution in [3.63, 3.8) is 0 Å². The van der Waals surface area contributed by atoms with Crippen LogP contribution in [-0.4, -0.2) is 41.9 Å². The van der Waals surface area contributed by atoms with Crippen molar-refractivity contribution in [2.45, 2.75) is 12.8 Å². The van der Waals surface area contributed by atoms with Crippen molar-refractivity contribution in [3.05, 3.63) is 37.4 Å². The number of amides is 1. The summed E-state index contributed by atoms with van der Waals surface area (Å²) in [6.07, 6.45) is 1.09. The Balaban J connectivity index is 2.11. The lowest BCUT2D eigenvalue weighted by Gasteiger charge is -2.30. The standard InChI is InChI=1S/C14H15IN2O5/c1-22-14(19)9-4-6-16(7-5-9)13(18)11-8-10(17(20)21)2-3-12(11)15/h2-3,8-9H,4-7H2,1H3. The Bertz CT molecular complexity index is 611. The topological polar surface area (TPSA) is 89.8 Å². The third-order valence-electron chi connectivity index (χ3n) is 3.71. The summed E-state index contributed by atoms with van der Waals surface area (Å²) in [7, 11) is 1.35. The quantitative estimate of drug-likeness (QED) is 0.325. The zero-order valence-corrected chi connectivity index (χ0v) is 14.1. The molecule has 1 aliphatic rings. The Kier molecular flexibility index (Phi) is 5.33. The highest BCUT2D eigenvalue weighted by molar-refractivity contribution is 14.1. The van der Waals surface area contributed by atoms with Gasteiger partial charge in [0.15, 0.2) is 0 Å². The van der Waals surface area contributed by atoms with Gasteiger partial charge in [0.1, 0.15) is 0 Å². The lowest BCUT2D eigenvalue weighted by Crippen LogP contribution is -2.40. The van der Waals surface area contributed by atoms with Gasteiger partial charge in [-0.05, 0) is 41.5 Å². The molecule has 0 bridgehead atoms. The Labute approximate surface area is 140 Å². The van der Waals surface area contributed by atoms with Crippen LogP contribution in [-0.2, 0) is 9.53 Å². The summed E-state index contributed by atoms with van der Waals surface area (Å²) in [4.78, 5) is 36.0. The first kappa shape index (κ1) is 16.7. The number of nitrogens with zero attached hydrogens (tertiary/aromatic N) is 2. The van der Waals surface area contributed by atoms with Crippen molar-refractivity contribution in [1.29, 1.82) is 0 Å². The summed E-state index contributed by atoms with van der Waals surface area (Å²) >= 11 is 1.99. The number of nitro groups is 1. The second-order valence-corrected chi connectivity index (χ2v) is 6.17. The Hall–Kier alpha value is -1.71.